The molecule has 0 spiro atoms. The summed E-state index contributed by atoms with van der Waals surface area (Å²) in [7, 11) is 0. The summed E-state index contributed by atoms with van der Waals surface area (Å²) in [5.41, 5.74) is 4.71. The predicted molar refractivity (Wildman–Crippen MR) is 68.8 cm³/mol. The summed E-state index contributed by atoms with van der Waals surface area (Å²) >= 11 is 0. The second kappa shape index (κ2) is 4.33. The quantitative estimate of drug-likeness (QED) is 0.547. The van der Waals surface area contributed by atoms with Gasteiger partial charge >= 0.3 is 0 Å². The lowest BCUT2D eigenvalue weighted by atomic mass is 10.1. The Morgan fingerprint density at radius 3 is 2.72 bits per heavy atom. The second-order valence-electron chi connectivity index (χ2n) is 4.26. The van der Waals surface area contributed by atoms with Gasteiger partial charge in [0.05, 0.1) is 6.26 Å². The molecule has 4 nitrogen and oxygen atoms in total. The van der Waals surface area contributed by atoms with Gasteiger partial charge in [-0.3, -0.25) is 5.84 Å². The summed E-state index contributed by atoms with van der Waals surface area (Å²) in [5, 5.41) is 1.07. The minimum atomic E-state index is -0.271. The van der Waals surface area contributed by atoms with Crippen molar-refractivity contribution in [2.75, 3.05) is 0 Å². The molecular weight excluding hydrogens is 228 g/mol. The highest BCUT2D eigenvalue weighted by Crippen LogP contribution is 2.29. The van der Waals surface area contributed by atoms with Crippen molar-refractivity contribution in [2.45, 2.75) is 13.0 Å². The summed E-state index contributed by atoms with van der Waals surface area (Å²) in [6, 6.07) is 11.5. The Labute approximate surface area is 104 Å². The predicted octanol–water partition coefficient (Wildman–Crippen LogP) is 2.89. The fourth-order valence-electron chi connectivity index (χ4n) is 2.13. The molecule has 0 amide bonds. The van der Waals surface area contributed by atoms with Gasteiger partial charge in [-0.1, -0.05) is 18.2 Å². The summed E-state index contributed by atoms with van der Waals surface area (Å²) in [6.45, 7) is 2.02. The lowest BCUT2D eigenvalue weighted by molar-refractivity contribution is 0.403. The average Bonchev–Trinajstić information content (AvgIpc) is 3.00. The zero-order chi connectivity index (χ0) is 12.5. The van der Waals surface area contributed by atoms with Gasteiger partial charge in [-0.25, -0.2) is 5.43 Å². The highest BCUT2D eigenvalue weighted by atomic mass is 16.4. The lowest BCUT2D eigenvalue weighted by Crippen LogP contribution is -2.28. The highest BCUT2D eigenvalue weighted by Gasteiger charge is 2.19. The van der Waals surface area contributed by atoms with Crippen LogP contribution < -0.4 is 11.3 Å². The second-order valence-corrected chi connectivity index (χ2v) is 4.26. The van der Waals surface area contributed by atoms with Crippen molar-refractivity contribution in [3.63, 3.8) is 0 Å². The highest BCUT2D eigenvalue weighted by molar-refractivity contribution is 5.81. The maximum atomic E-state index is 5.87. The van der Waals surface area contributed by atoms with Crippen LogP contribution >= 0.6 is 0 Å². The van der Waals surface area contributed by atoms with E-state index in [-0.39, 0.29) is 6.04 Å². The van der Waals surface area contributed by atoms with E-state index in [0.29, 0.717) is 0 Å². The molecule has 1 unspecified atom stereocenters. The van der Waals surface area contributed by atoms with E-state index >= 15 is 0 Å². The SMILES string of the molecule is Cc1cccc2cc(C(NN)c3ccco3)oc12. The number of para-hydroxylation sites is 1. The van der Waals surface area contributed by atoms with Crippen molar-refractivity contribution in [3.05, 3.63) is 59.7 Å². The minimum Gasteiger partial charge on any atom is -0.467 e. The van der Waals surface area contributed by atoms with Crippen molar-refractivity contribution in [1.82, 2.24) is 5.43 Å². The molecule has 0 saturated carbocycles. The largest absolute Gasteiger partial charge is 0.467 e. The molecule has 92 valence electrons. The summed E-state index contributed by atoms with van der Waals surface area (Å²) in [4.78, 5) is 0. The van der Waals surface area contributed by atoms with Crippen LogP contribution in [-0.4, -0.2) is 0 Å². The van der Waals surface area contributed by atoms with Gasteiger partial charge in [0.25, 0.3) is 0 Å². The average molecular weight is 242 g/mol. The van der Waals surface area contributed by atoms with E-state index in [1.165, 1.54) is 0 Å². The number of furan rings is 2. The van der Waals surface area contributed by atoms with Crippen LogP contribution in [0.3, 0.4) is 0 Å². The van der Waals surface area contributed by atoms with Crippen molar-refractivity contribution < 1.29 is 8.83 Å². The zero-order valence-corrected chi connectivity index (χ0v) is 10.0. The number of nitrogens with one attached hydrogen (secondary N) is 1. The molecule has 0 aliphatic carbocycles. The van der Waals surface area contributed by atoms with E-state index in [1.54, 1.807) is 6.26 Å². The molecule has 0 aliphatic rings. The molecule has 0 aliphatic heterocycles. The fourth-order valence-corrected chi connectivity index (χ4v) is 2.13. The van der Waals surface area contributed by atoms with Crippen LogP contribution in [0.4, 0.5) is 0 Å². The summed E-state index contributed by atoms with van der Waals surface area (Å²) in [5.74, 6) is 7.06. The van der Waals surface area contributed by atoms with Gasteiger partial charge in [-0.15, -0.1) is 0 Å². The molecular formula is C14H14N2O2. The monoisotopic (exact) mass is 242 g/mol. The molecule has 1 aromatic carbocycles. The number of fused-ring (bicyclic) bond motifs is 1. The van der Waals surface area contributed by atoms with Gasteiger partial charge in [-0.2, -0.15) is 0 Å². The Bertz CT molecular complexity index is 656. The van der Waals surface area contributed by atoms with Crippen LogP contribution in [0.15, 0.2) is 51.5 Å². The van der Waals surface area contributed by atoms with E-state index in [9.17, 15) is 0 Å². The Balaban J connectivity index is 2.11. The number of hydrogen-bond donors (Lipinski definition) is 2. The lowest BCUT2D eigenvalue weighted by Gasteiger charge is -2.09. The standard InChI is InChI=1S/C14H14N2O2/c1-9-4-2-5-10-8-12(18-14(9)10)13(16-15)11-6-3-7-17-11/h2-8,13,16H,15H2,1H3. The third kappa shape index (κ3) is 1.72. The van der Waals surface area contributed by atoms with Crippen LogP contribution in [0.1, 0.15) is 23.1 Å². The number of hydrazine groups is 1. The van der Waals surface area contributed by atoms with Gasteiger partial charge in [0, 0.05) is 5.39 Å². The molecule has 3 N–H and O–H groups in total. The van der Waals surface area contributed by atoms with Gasteiger partial charge < -0.3 is 8.83 Å². The van der Waals surface area contributed by atoms with Gasteiger partial charge in [0.1, 0.15) is 23.1 Å². The molecule has 1 atom stereocenters. The molecule has 0 fully saturated rings. The minimum absolute atomic E-state index is 0.271. The van der Waals surface area contributed by atoms with Gasteiger partial charge in [-0.05, 0) is 30.7 Å². The Morgan fingerprint density at radius 1 is 1.17 bits per heavy atom. The van der Waals surface area contributed by atoms with Gasteiger partial charge in [0.15, 0.2) is 0 Å². The third-order valence-corrected chi connectivity index (χ3v) is 3.04. The fraction of sp³-hybridized carbons (Fsp3) is 0.143. The molecule has 0 radical (unpaired) electrons. The van der Waals surface area contributed by atoms with E-state index in [1.807, 2.05) is 43.3 Å². The molecule has 0 saturated heterocycles. The first-order valence-corrected chi connectivity index (χ1v) is 5.78. The molecule has 18 heavy (non-hydrogen) atoms. The number of nitrogens with two attached hydrogens (primary N) is 1. The van der Waals surface area contributed by atoms with Crippen LogP contribution in [0.25, 0.3) is 11.0 Å². The maximum Gasteiger partial charge on any atom is 0.137 e. The summed E-state index contributed by atoms with van der Waals surface area (Å²) < 4.78 is 11.2. The first-order chi connectivity index (χ1) is 8.79. The van der Waals surface area contributed by atoms with Crippen molar-refractivity contribution in [1.29, 1.82) is 0 Å². The summed E-state index contributed by atoms with van der Waals surface area (Å²) in [6.07, 6.45) is 1.62. The molecule has 2 heterocycles. The topological polar surface area (TPSA) is 64.3 Å². The molecule has 3 rings (SSSR count). The van der Waals surface area contributed by atoms with E-state index < -0.39 is 0 Å². The smallest absolute Gasteiger partial charge is 0.137 e. The van der Waals surface area contributed by atoms with Crippen LogP contribution in [0.2, 0.25) is 0 Å². The number of aryl methyl sites for hydroxylation is 1. The number of rotatable bonds is 3. The molecule has 4 heteroatoms. The number of hydrogen-bond acceptors (Lipinski definition) is 4. The van der Waals surface area contributed by atoms with Crippen LogP contribution in [-0.2, 0) is 0 Å². The van der Waals surface area contributed by atoms with Crippen molar-refractivity contribution >= 4 is 11.0 Å². The maximum absolute atomic E-state index is 5.87. The zero-order valence-electron chi connectivity index (χ0n) is 10.0. The Hall–Kier alpha value is -2.04. The van der Waals surface area contributed by atoms with Crippen molar-refractivity contribution in [3.8, 4) is 0 Å². The molecule has 3 aromatic rings. The number of benzene rings is 1. The normalized spacial score (nSPS) is 13.0. The third-order valence-electron chi connectivity index (χ3n) is 3.04. The Morgan fingerprint density at radius 2 is 2.06 bits per heavy atom. The first kappa shape index (κ1) is 11.1. The molecule has 2 aromatic heterocycles. The van der Waals surface area contributed by atoms with E-state index in [2.05, 4.69) is 5.43 Å². The Kier molecular flexibility index (Phi) is 2.66. The van der Waals surface area contributed by atoms with Crippen LogP contribution in [0, 0.1) is 6.92 Å². The van der Waals surface area contributed by atoms with E-state index in [4.69, 9.17) is 14.7 Å². The first-order valence-electron chi connectivity index (χ1n) is 5.78. The van der Waals surface area contributed by atoms with Crippen LogP contribution in [0.5, 0.6) is 0 Å². The van der Waals surface area contributed by atoms with E-state index in [0.717, 1.165) is 28.1 Å². The molecule has 0 bridgehead atoms. The van der Waals surface area contributed by atoms with Gasteiger partial charge in [0.2, 0.25) is 0 Å². The van der Waals surface area contributed by atoms with Crippen molar-refractivity contribution in [2.24, 2.45) is 5.84 Å².